The zero-order valence-electron chi connectivity index (χ0n) is 17.9. The summed E-state index contributed by atoms with van der Waals surface area (Å²) in [6, 6.07) is 5.98. The van der Waals surface area contributed by atoms with Crippen molar-refractivity contribution in [3.05, 3.63) is 41.2 Å². The summed E-state index contributed by atoms with van der Waals surface area (Å²) in [5.41, 5.74) is 4.61. The van der Waals surface area contributed by atoms with Crippen molar-refractivity contribution < 1.29 is 9.53 Å². The number of carbonyl (C=O) groups is 1. The molecule has 1 saturated carbocycles. The van der Waals surface area contributed by atoms with Crippen LogP contribution in [-0.4, -0.2) is 49.9 Å². The molecule has 0 unspecified atom stereocenters. The number of rotatable bonds is 1. The molecule has 4 bridgehead atoms. The number of H-pyrrole nitrogens is 1. The van der Waals surface area contributed by atoms with Crippen LogP contribution in [0.3, 0.4) is 0 Å². The molecule has 6 rings (SSSR count). The highest BCUT2D eigenvalue weighted by Gasteiger charge is 2.31. The predicted octanol–water partition coefficient (Wildman–Crippen LogP) is 2.88. The summed E-state index contributed by atoms with van der Waals surface area (Å²) in [5, 5.41) is 22.7. The lowest BCUT2D eigenvalue weighted by molar-refractivity contribution is 0.0273. The highest BCUT2D eigenvalue weighted by molar-refractivity contribution is 6.00. The summed E-state index contributed by atoms with van der Waals surface area (Å²) in [4.78, 5) is 17.9. The van der Waals surface area contributed by atoms with E-state index in [9.17, 15) is 4.79 Å². The van der Waals surface area contributed by atoms with E-state index in [1.54, 1.807) is 10.7 Å². The molecule has 1 amide bonds. The maximum absolute atomic E-state index is 13.1. The van der Waals surface area contributed by atoms with Crippen LogP contribution in [0.25, 0.3) is 16.6 Å². The van der Waals surface area contributed by atoms with Crippen molar-refractivity contribution in [1.29, 1.82) is 0 Å². The molecule has 0 saturated heterocycles. The molecule has 1 fully saturated rings. The average molecular weight is 432 g/mol. The molecule has 1 aromatic carbocycles. The van der Waals surface area contributed by atoms with Gasteiger partial charge < -0.3 is 20.7 Å². The standard InChI is InChI=1S/C22H24N8O2/c1-11-13-6-12-7-16(20(13)29-28-11)25-18-8-19(23-2)30-21(27-18)14(9-24-30)22(31)26-15-4-3-5-17(15)32-10-12/h6-9,15,17,23H,3-5,10H2,1-2H3,(H,25,27)(H,26,31)(H,28,29)/t15-,17-/m1/s1. The van der Waals surface area contributed by atoms with Gasteiger partial charge in [0.15, 0.2) is 5.65 Å². The Morgan fingerprint density at radius 2 is 2.16 bits per heavy atom. The topological polar surface area (TPSA) is 121 Å². The molecule has 4 aromatic rings. The van der Waals surface area contributed by atoms with Crippen molar-refractivity contribution in [2.45, 2.75) is 44.9 Å². The number of amides is 1. The van der Waals surface area contributed by atoms with Crippen molar-refractivity contribution in [3.63, 3.8) is 0 Å². The van der Waals surface area contributed by atoms with Gasteiger partial charge >= 0.3 is 0 Å². The number of aromatic amines is 1. The SMILES string of the molecule is CNc1cc2nc3c(cnn13)C(=O)N[C@@H]1CCC[C@H]1OCc1cc(c3n[nH]c(C)c3c1)N2. The molecule has 1 aliphatic carbocycles. The molecule has 32 heavy (non-hydrogen) atoms. The first-order valence-electron chi connectivity index (χ1n) is 10.8. The second kappa shape index (κ2) is 7.20. The molecule has 3 aromatic heterocycles. The van der Waals surface area contributed by atoms with Crippen LogP contribution < -0.4 is 16.0 Å². The summed E-state index contributed by atoms with van der Waals surface area (Å²) in [6.45, 7) is 2.46. The Morgan fingerprint density at radius 1 is 1.25 bits per heavy atom. The predicted molar refractivity (Wildman–Crippen MR) is 120 cm³/mol. The fourth-order valence-corrected chi connectivity index (χ4v) is 4.72. The average Bonchev–Trinajstić information content (AvgIpc) is 3.50. The van der Waals surface area contributed by atoms with E-state index in [-0.39, 0.29) is 18.1 Å². The van der Waals surface area contributed by atoms with E-state index in [0.717, 1.165) is 52.9 Å². The number of hydrogen-bond donors (Lipinski definition) is 4. The third-order valence-corrected chi connectivity index (χ3v) is 6.38. The molecule has 0 spiro atoms. The van der Waals surface area contributed by atoms with E-state index in [1.165, 1.54) is 0 Å². The molecule has 2 atom stereocenters. The van der Waals surface area contributed by atoms with Crippen LogP contribution in [-0.2, 0) is 11.3 Å². The highest BCUT2D eigenvalue weighted by atomic mass is 16.5. The lowest BCUT2D eigenvalue weighted by atomic mass is 10.1. The first kappa shape index (κ1) is 19.1. The molecule has 164 valence electrons. The fraction of sp³-hybridized carbons (Fsp3) is 0.364. The number of aromatic nitrogens is 5. The number of nitrogens with zero attached hydrogens (tertiary/aromatic N) is 4. The number of nitrogens with one attached hydrogen (secondary N) is 4. The van der Waals surface area contributed by atoms with Gasteiger partial charge in [0.05, 0.1) is 30.6 Å². The van der Waals surface area contributed by atoms with Crippen LogP contribution in [0.2, 0.25) is 0 Å². The third-order valence-electron chi connectivity index (χ3n) is 6.38. The van der Waals surface area contributed by atoms with E-state index < -0.39 is 0 Å². The van der Waals surface area contributed by atoms with Gasteiger partial charge in [-0.1, -0.05) is 0 Å². The molecular weight excluding hydrogens is 408 g/mol. The van der Waals surface area contributed by atoms with Crippen LogP contribution in [0.4, 0.5) is 17.3 Å². The second-order valence-electron chi connectivity index (χ2n) is 8.44. The summed E-state index contributed by atoms with van der Waals surface area (Å²) < 4.78 is 7.92. The van der Waals surface area contributed by atoms with Gasteiger partial charge in [-0.25, -0.2) is 4.98 Å². The van der Waals surface area contributed by atoms with Gasteiger partial charge in [0.25, 0.3) is 5.91 Å². The Bertz CT molecular complexity index is 1360. The van der Waals surface area contributed by atoms with Crippen molar-refractivity contribution >= 4 is 39.8 Å². The second-order valence-corrected chi connectivity index (χ2v) is 8.44. The summed E-state index contributed by atoms with van der Waals surface area (Å²) in [5.74, 6) is 1.12. The monoisotopic (exact) mass is 432 g/mol. The lowest BCUT2D eigenvalue weighted by Gasteiger charge is -2.22. The van der Waals surface area contributed by atoms with Crippen molar-refractivity contribution in [1.82, 2.24) is 30.1 Å². The molecular formula is C22H24N8O2. The molecule has 2 aliphatic rings. The smallest absolute Gasteiger partial charge is 0.257 e. The van der Waals surface area contributed by atoms with Gasteiger partial charge in [-0.3, -0.25) is 9.89 Å². The van der Waals surface area contributed by atoms with Gasteiger partial charge in [-0.15, -0.1) is 0 Å². The minimum absolute atomic E-state index is 0.0299. The number of ether oxygens (including phenoxy) is 1. The van der Waals surface area contributed by atoms with Gasteiger partial charge in [0, 0.05) is 24.2 Å². The Kier molecular flexibility index (Phi) is 4.29. The van der Waals surface area contributed by atoms with Gasteiger partial charge in [-0.05, 0) is 43.9 Å². The van der Waals surface area contributed by atoms with Crippen LogP contribution in [0.1, 0.15) is 40.9 Å². The Labute approximate surface area is 183 Å². The van der Waals surface area contributed by atoms with E-state index in [4.69, 9.17) is 9.72 Å². The Balaban J connectivity index is 1.56. The van der Waals surface area contributed by atoms with Crippen LogP contribution >= 0.6 is 0 Å². The molecule has 10 nitrogen and oxygen atoms in total. The van der Waals surface area contributed by atoms with E-state index in [0.29, 0.717) is 23.6 Å². The first-order valence-corrected chi connectivity index (χ1v) is 10.8. The molecule has 0 radical (unpaired) electrons. The summed E-state index contributed by atoms with van der Waals surface area (Å²) in [6.07, 6.45) is 4.36. The largest absolute Gasteiger partial charge is 0.373 e. The lowest BCUT2D eigenvalue weighted by Crippen LogP contribution is -2.41. The maximum atomic E-state index is 13.1. The number of carbonyl (C=O) groups excluding carboxylic acids is 1. The normalized spacial score (nSPS) is 20.8. The maximum Gasteiger partial charge on any atom is 0.257 e. The molecule has 10 heteroatoms. The van der Waals surface area contributed by atoms with Gasteiger partial charge in [0.2, 0.25) is 0 Å². The highest BCUT2D eigenvalue weighted by Crippen LogP contribution is 2.31. The zero-order valence-corrected chi connectivity index (χ0v) is 17.9. The van der Waals surface area contributed by atoms with E-state index >= 15 is 0 Å². The van der Waals surface area contributed by atoms with Crippen LogP contribution in [0.5, 0.6) is 0 Å². The fourth-order valence-electron chi connectivity index (χ4n) is 4.72. The van der Waals surface area contributed by atoms with Gasteiger partial charge in [-0.2, -0.15) is 14.7 Å². The van der Waals surface area contributed by atoms with Crippen molar-refractivity contribution in [2.75, 3.05) is 17.7 Å². The summed E-state index contributed by atoms with van der Waals surface area (Å²) >= 11 is 0. The van der Waals surface area contributed by atoms with Crippen LogP contribution in [0, 0.1) is 6.92 Å². The van der Waals surface area contributed by atoms with E-state index in [1.807, 2.05) is 20.0 Å². The summed E-state index contributed by atoms with van der Waals surface area (Å²) in [7, 11) is 1.81. The van der Waals surface area contributed by atoms with Gasteiger partial charge in [0.1, 0.15) is 22.7 Å². The molecule has 1 aliphatic heterocycles. The van der Waals surface area contributed by atoms with Crippen LogP contribution in [0.15, 0.2) is 24.4 Å². The Morgan fingerprint density at radius 3 is 3.03 bits per heavy atom. The van der Waals surface area contributed by atoms with Crippen molar-refractivity contribution in [3.8, 4) is 0 Å². The Hall–Kier alpha value is -3.66. The zero-order chi connectivity index (χ0) is 21.8. The number of fused-ring (bicyclic) bond motifs is 6. The molecule has 4 N–H and O–H groups in total. The quantitative estimate of drug-likeness (QED) is 0.365. The number of hydrogen-bond acceptors (Lipinski definition) is 7. The number of aryl methyl sites for hydroxylation is 1. The first-order chi connectivity index (χ1) is 15.6. The molecule has 4 heterocycles. The minimum Gasteiger partial charge on any atom is -0.373 e. The number of anilines is 3. The minimum atomic E-state index is -0.187. The van der Waals surface area contributed by atoms with Crippen molar-refractivity contribution in [2.24, 2.45) is 0 Å². The third kappa shape index (κ3) is 2.98. The van der Waals surface area contributed by atoms with E-state index in [2.05, 4.69) is 43.4 Å². The number of benzene rings is 1.